The van der Waals surface area contributed by atoms with Crippen molar-refractivity contribution >= 4 is 17.5 Å². The van der Waals surface area contributed by atoms with Crippen molar-refractivity contribution in [3.63, 3.8) is 0 Å². The first-order valence-corrected chi connectivity index (χ1v) is 8.22. The third-order valence-electron chi connectivity index (χ3n) is 3.94. The Morgan fingerprint density at radius 3 is 2.46 bits per heavy atom. The highest BCUT2D eigenvalue weighted by atomic mass is 16.5. The Kier molecular flexibility index (Phi) is 5.43. The predicted molar refractivity (Wildman–Crippen MR) is 101 cm³/mol. The van der Waals surface area contributed by atoms with Gasteiger partial charge in [-0.2, -0.15) is 0 Å². The van der Waals surface area contributed by atoms with Crippen LogP contribution in [0.1, 0.15) is 21.5 Å². The van der Waals surface area contributed by atoms with Crippen molar-refractivity contribution in [3.8, 4) is 5.75 Å². The van der Waals surface area contributed by atoms with Gasteiger partial charge in [-0.3, -0.25) is 4.79 Å². The second-order valence-corrected chi connectivity index (χ2v) is 5.73. The predicted octanol–water partition coefficient (Wildman–Crippen LogP) is 3.66. The molecule has 0 unspecified atom stereocenters. The number of methoxy groups -OCH3 is 1. The Labute approximate surface area is 152 Å². The van der Waals surface area contributed by atoms with Gasteiger partial charge < -0.3 is 15.4 Å². The molecular formula is C20H20N4O2. The van der Waals surface area contributed by atoms with Crippen LogP contribution in [0.2, 0.25) is 0 Å². The fourth-order valence-corrected chi connectivity index (χ4v) is 2.47. The molecule has 0 aliphatic rings. The largest absolute Gasteiger partial charge is 0.496 e. The number of para-hydroxylation sites is 2. The molecule has 1 amide bonds. The lowest BCUT2D eigenvalue weighted by Crippen LogP contribution is -2.14. The van der Waals surface area contributed by atoms with E-state index in [-0.39, 0.29) is 5.91 Å². The molecule has 0 fully saturated rings. The molecule has 0 saturated carbocycles. The second kappa shape index (κ2) is 8.11. The van der Waals surface area contributed by atoms with Gasteiger partial charge in [0, 0.05) is 30.2 Å². The van der Waals surface area contributed by atoms with E-state index in [4.69, 9.17) is 4.74 Å². The molecule has 6 nitrogen and oxygen atoms in total. The highest BCUT2D eigenvalue weighted by Gasteiger charge is 2.09. The van der Waals surface area contributed by atoms with Crippen molar-refractivity contribution in [3.05, 3.63) is 77.6 Å². The molecule has 0 atom stereocenters. The number of nitrogens with one attached hydrogen (secondary N) is 2. The third kappa shape index (κ3) is 4.16. The summed E-state index contributed by atoms with van der Waals surface area (Å²) in [5.41, 5.74) is 3.17. The first-order chi connectivity index (χ1) is 12.7. The topological polar surface area (TPSA) is 76.1 Å². The fourth-order valence-electron chi connectivity index (χ4n) is 2.47. The molecule has 26 heavy (non-hydrogen) atoms. The number of hydrogen-bond acceptors (Lipinski definition) is 5. The molecule has 6 heteroatoms. The number of aromatic nitrogens is 2. The lowest BCUT2D eigenvalue weighted by molar-refractivity contribution is 0.102. The van der Waals surface area contributed by atoms with Crippen molar-refractivity contribution in [2.45, 2.75) is 13.5 Å². The molecule has 0 aliphatic heterocycles. The Balaban J connectivity index is 1.63. The number of ether oxygens (including phenoxy) is 1. The van der Waals surface area contributed by atoms with E-state index >= 15 is 0 Å². The van der Waals surface area contributed by atoms with E-state index in [0.29, 0.717) is 18.1 Å². The molecule has 3 rings (SSSR count). The minimum absolute atomic E-state index is 0.240. The molecule has 3 aromatic rings. The smallest absolute Gasteiger partial charge is 0.258 e. The van der Waals surface area contributed by atoms with Gasteiger partial charge in [-0.05, 0) is 24.6 Å². The van der Waals surface area contributed by atoms with E-state index in [1.807, 2.05) is 55.5 Å². The van der Waals surface area contributed by atoms with E-state index < -0.39 is 0 Å². The van der Waals surface area contributed by atoms with Crippen molar-refractivity contribution in [1.29, 1.82) is 0 Å². The quantitative estimate of drug-likeness (QED) is 0.711. The average Bonchev–Trinajstić information content (AvgIpc) is 2.68. The number of nitrogens with zero attached hydrogens (tertiary/aromatic N) is 2. The van der Waals surface area contributed by atoms with Crippen LogP contribution in [-0.4, -0.2) is 23.0 Å². The molecule has 2 aromatic carbocycles. The van der Waals surface area contributed by atoms with E-state index in [2.05, 4.69) is 20.6 Å². The molecule has 0 saturated heterocycles. The van der Waals surface area contributed by atoms with Crippen LogP contribution in [0.4, 0.5) is 11.6 Å². The Hall–Kier alpha value is -3.41. The van der Waals surface area contributed by atoms with Gasteiger partial charge in [-0.1, -0.05) is 36.4 Å². The van der Waals surface area contributed by atoms with Crippen molar-refractivity contribution in [2.24, 2.45) is 0 Å². The zero-order chi connectivity index (χ0) is 18.4. The molecule has 0 bridgehead atoms. The fraction of sp³-hybridized carbons (Fsp3) is 0.150. The molecular weight excluding hydrogens is 328 g/mol. The van der Waals surface area contributed by atoms with Gasteiger partial charge in [-0.25, -0.2) is 9.97 Å². The number of rotatable bonds is 6. The standard InChI is InChI=1S/C20H20N4O2/c1-14-7-3-5-9-17(14)24-19(25)16-12-22-20(23-13-16)21-11-15-8-4-6-10-18(15)26-2/h3-10,12-13H,11H2,1-2H3,(H,24,25)(H,21,22,23). The van der Waals surface area contributed by atoms with Crippen LogP contribution in [-0.2, 0) is 6.54 Å². The summed E-state index contributed by atoms with van der Waals surface area (Å²) in [5.74, 6) is 1.01. The van der Waals surface area contributed by atoms with Gasteiger partial charge in [0.05, 0.1) is 12.7 Å². The van der Waals surface area contributed by atoms with Gasteiger partial charge in [-0.15, -0.1) is 0 Å². The number of carbonyl (C=O) groups is 1. The van der Waals surface area contributed by atoms with Gasteiger partial charge >= 0.3 is 0 Å². The zero-order valence-electron chi connectivity index (χ0n) is 14.7. The first kappa shape index (κ1) is 17.4. The number of benzene rings is 2. The Morgan fingerprint density at radius 1 is 1.04 bits per heavy atom. The Morgan fingerprint density at radius 2 is 1.73 bits per heavy atom. The van der Waals surface area contributed by atoms with Gasteiger partial charge in [0.1, 0.15) is 5.75 Å². The number of anilines is 2. The summed E-state index contributed by atoms with van der Waals surface area (Å²) in [5, 5.41) is 5.99. The van der Waals surface area contributed by atoms with E-state index in [9.17, 15) is 4.79 Å². The Bertz CT molecular complexity index is 894. The normalized spacial score (nSPS) is 10.2. The SMILES string of the molecule is COc1ccccc1CNc1ncc(C(=O)Nc2ccccc2C)cn1. The third-order valence-corrected chi connectivity index (χ3v) is 3.94. The van der Waals surface area contributed by atoms with Crippen LogP contribution in [0.15, 0.2) is 60.9 Å². The summed E-state index contributed by atoms with van der Waals surface area (Å²) < 4.78 is 5.32. The summed E-state index contributed by atoms with van der Waals surface area (Å²) in [4.78, 5) is 20.7. The lowest BCUT2D eigenvalue weighted by Gasteiger charge is -2.10. The summed E-state index contributed by atoms with van der Waals surface area (Å²) in [6.45, 7) is 2.47. The minimum atomic E-state index is -0.240. The van der Waals surface area contributed by atoms with Crippen LogP contribution >= 0.6 is 0 Å². The number of hydrogen-bond donors (Lipinski definition) is 2. The highest BCUT2D eigenvalue weighted by Crippen LogP contribution is 2.18. The van der Waals surface area contributed by atoms with Crippen molar-refractivity contribution in [2.75, 3.05) is 17.7 Å². The molecule has 1 heterocycles. The lowest BCUT2D eigenvalue weighted by atomic mass is 10.2. The summed E-state index contributed by atoms with van der Waals surface area (Å²) in [7, 11) is 1.64. The summed E-state index contributed by atoms with van der Waals surface area (Å²) in [6, 6.07) is 15.3. The van der Waals surface area contributed by atoms with Crippen LogP contribution < -0.4 is 15.4 Å². The zero-order valence-corrected chi connectivity index (χ0v) is 14.7. The summed E-state index contributed by atoms with van der Waals surface area (Å²) >= 11 is 0. The highest BCUT2D eigenvalue weighted by molar-refractivity contribution is 6.04. The molecule has 2 N–H and O–H groups in total. The molecule has 0 aliphatic carbocycles. The minimum Gasteiger partial charge on any atom is -0.496 e. The first-order valence-electron chi connectivity index (χ1n) is 8.22. The second-order valence-electron chi connectivity index (χ2n) is 5.73. The number of carbonyl (C=O) groups excluding carboxylic acids is 1. The number of aryl methyl sites for hydroxylation is 1. The van der Waals surface area contributed by atoms with Crippen molar-refractivity contribution in [1.82, 2.24) is 9.97 Å². The van der Waals surface area contributed by atoms with E-state index in [1.165, 1.54) is 12.4 Å². The maximum absolute atomic E-state index is 12.3. The maximum Gasteiger partial charge on any atom is 0.258 e. The van der Waals surface area contributed by atoms with Crippen LogP contribution in [0.25, 0.3) is 0 Å². The van der Waals surface area contributed by atoms with E-state index in [1.54, 1.807) is 7.11 Å². The molecule has 0 spiro atoms. The molecule has 132 valence electrons. The summed E-state index contributed by atoms with van der Waals surface area (Å²) in [6.07, 6.45) is 3.01. The number of amides is 1. The van der Waals surface area contributed by atoms with Gasteiger partial charge in [0.25, 0.3) is 5.91 Å². The van der Waals surface area contributed by atoms with Gasteiger partial charge in [0.2, 0.25) is 5.95 Å². The van der Waals surface area contributed by atoms with Crippen molar-refractivity contribution < 1.29 is 9.53 Å². The van der Waals surface area contributed by atoms with Gasteiger partial charge in [0.15, 0.2) is 0 Å². The van der Waals surface area contributed by atoms with Crippen LogP contribution in [0.5, 0.6) is 5.75 Å². The average molecular weight is 348 g/mol. The van der Waals surface area contributed by atoms with Crippen LogP contribution in [0, 0.1) is 6.92 Å². The molecule has 0 radical (unpaired) electrons. The molecule has 1 aromatic heterocycles. The monoisotopic (exact) mass is 348 g/mol. The van der Waals surface area contributed by atoms with Crippen LogP contribution in [0.3, 0.4) is 0 Å². The maximum atomic E-state index is 12.3. The van der Waals surface area contributed by atoms with E-state index in [0.717, 1.165) is 22.6 Å².